The molecule has 1 rings (SSSR count). The van der Waals surface area contributed by atoms with E-state index in [9.17, 15) is 4.79 Å². The first kappa shape index (κ1) is 13.8. The zero-order chi connectivity index (χ0) is 13.2. The molecule has 0 saturated heterocycles. The van der Waals surface area contributed by atoms with Crippen molar-refractivity contribution in [2.75, 3.05) is 0 Å². The van der Waals surface area contributed by atoms with Crippen LogP contribution in [0.4, 0.5) is 0 Å². The number of carboxylic acid groups (broad SMARTS) is 1. The number of aryl methyl sites for hydroxylation is 1. The Labute approximate surface area is 106 Å². The van der Waals surface area contributed by atoms with Crippen molar-refractivity contribution in [3.8, 4) is 5.75 Å². The maximum Gasteiger partial charge on any atom is 0.344 e. The molecule has 0 aliphatic rings. The summed E-state index contributed by atoms with van der Waals surface area (Å²) < 4.78 is 5.39. The number of carboxylic acids is 1. The van der Waals surface area contributed by atoms with Gasteiger partial charge in [-0.15, -0.1) is 0 Å². The van der Waals surface area contributed by atoms with Crippen LogP contribution in [0.15, 0.2) is 12.1 Å². The van der Waals surface area contributed by atoms with E-state index >= 15 is 0 Å². The van der Waals surface area contributed by atoms with E-state index in [2.05, 4.69) is 0 Å². The Kier molecular flexibility index (Phi) is 4.40. The van der Waals surface area contributed by atoms with E-state index < -0.39 is 12.1 Å². The van der Waals surface area contributed by atoms with Crippen LogP contribution in [0.2, 0.25) is 5.02 Å². The van der Waals surface area contributed by atoms with Crippen LogP contribution in [-0.2, 0) is 4.79 Å². The number of ether oxygens (including phenoxy) is 1. The lowest BCUT2D eigenvalue weighted by Crippen LogP contribution is -2.23. The monoisotopic (exact) mass is 256 g/mol. The van der Waals surface area contributed by atoms with Crippen LogP contribution >= 0.6 is 11.6 Å². The van der Waals surface area contributed by atoms with Crippen LogP contribution in [-0.4, -0.2) is 17.2 Å². The average Bonchev–Trinajstić information content (AvgIpc) is 2.21. The summed E-state index contributed by atoms with van der Waals surface area (Å²) in [5.41, 5.74) is 1.80. The Bertz CT molecular complexity index is 427. The van der Waals surface area contributed by atoms with Crippen molar-refractivity contribution >= 4 is 17.6 Å². The second-order valence-corrected chi connectivity index (χ2v) is 4.80. The predicted molar refractivity (Wildman–Crippen MR) is 68.0 cm³/mol. The van der Waals surface area contributed by atoms with Gasteiger partial charge in [0.2, 0.25) is 0 Å². The van der Waals surface area contributed by atoms with Crippen molar-refractivity contribution in [1.82, 2.24) is 0 Å². The second kappa shape index (κ2) is 5.41. The van der Waals surface area contributed by atoms with Crippen LogP contribution in [0.5, 0.6) is 5.75 Å². The van der Waals surface area contributed by atoms with Gasteiger partial charge in [0, 0.05) is 5.02 Å². The van der Waals surface area contributed by atoms with Gasteiger partial charge in [0.25, 0.3) is 0 Å². The van der Waals surface area contributed by atoms with E-state index in [0.29, 0.717) is 10.8 Å². The minimum Gasteiger partial charge on any atom is -0.479 e. The first-order valence-corrected chi connectivity index (χ1v) is 5.90. The van der Waals surface area contributed by atoms with Crippen LogP contribution in [0.25, 0.3) is 0 Å². The third-order valence-electron chi connectivity index (χ3n) is 2.57. The number of aliphatic carboxylic acids is 1. The van der Waals surface area contributed by atoms with Gasteiger partial charge < -0.3 is 9.84 Å². The molecule has 17 heavy (non-hydrogen) atoms. The molecule has 0 heterocycles. The second-order valence-electron chi connectivity index (χ2n) is 4.39. The fourth-order valence-electron chi connectivity index (χ4n) is 1.48. The molecule has 0 aliphatic carbocycles. The summed E-state index contributed by atoms with van der Waals surface area (Å²) in [7, 11) is 0. The van der Waals surface area contributed by atoms with Gasteiger partial charge in [0.05, 0.1) is 0 Å². The number of hydrogen-bond acceptors (Lipinski definition) is 2. The molecule has 0 radical (unpaired) electrons. The van der Waals surface area contributed by atoms with Gasteiger partial charge in [0.1, 0.15) is 5.75 Å². The summed E-state index contributed by atoms with van der Waals surface area (Å²) in [6.45, 7) is 7.41. The highest BCUT2D eigenvalue weighted by Gasteiger charge is 2.16. The third-order valence-corrected chi connectivity index (χ3v) is 2.90. The molecule has 0 bridgehead atoms. The zero-order valence-corrected chi connectivity index (χ0v) is 11.2. The predicted octanol–water partition coefficient (Wildman–Crippen LogP) is 3.62. The first-order valence-electron chi connectivity index (χ1n) is 5.52. The van der Waals surface area contributed by atoms with Crippen molar-refractivity contribution in [2.45, 2.75) is 39.7 Å². The first-order chi connectivity index (χ1) is 7.82. The molecular formula is C13H17ClO3. The average molecular weight is 257 g/mol. The molecule has 1 aromatic rings. The molecule has 1 atom stereocenters. The fourth-order valence-corrected chi connectivity index (χ4v) is 1.92. The van der Waals surface area contributed by atoms with Crippen molar-refractivity contribution < 1.29 is 14.6 Å². The quantitative estimate of drug-likeness (QED) is 0.895. The number of carbonyl (C=O) groups is 1. The van der Waals surface area contributed by atoms with E-state index in [-0.39, 0.29) is 5.92 Å². The summed E-state index contributed by atoms with van der Waals surface area (Å²) in [6.07, 6.45) is -0.866. The van der Waals surface area contributed by atoms with Crippen molar-refractivity contribution in [1.29, 1.82) is 0 Å². The van der Waals surface area contributed by atoms with Crippen molar-refractivity contribution in [3.63, 3.8) is 0 Å². The molecule has 0 fully saturated rings. The lowest BCUT2D eigenvalue weighted by atomic mass is 10.0. The Balaban J connectivity index is 3.07. The normalized spacial score (nSPS) is 12.6. The lowest BCUT2D eigenvalue weighted by Gasteiger charge is -2.16. The van der Waals surface area contributed by atoms with Crippen LogP contribution in [0, 0.1) is 6.92 Å². The molecule has 1 N–H and O–H groups in total. The van der Waals surface area contributed by atoms with E-state index in [1.165, 1.54) is 6.92 Å². The fraction of sp³-hybridized carbons (Fsp3) is 0.462. The molecule has 0 aromatic heterocycles. The lowest BCUT2D eigenvalue weighted by molar-refractivity contribution is -0.144. The highest BCUT2D eigenvalue weighted by atomic mass is 35.5. The molecular weight excluding hydrogens is 240 g/mol. The number of hydrogen-bond donors (Lipinski definition) is 1. The van der Waals surface area contributed by atoms with Crippen molar-refractivity contribution in [3.05, 3.63) is 28.3 Å². The molecule has 1 aromatic carbocycles. The SMILES string of the molecule is Cc1cc(Cl)c(C(C)C)cc1O[C@H](C)C(=O)O. The molecule has 4 heteroatoms. The van der Waals surface area contributed by atoms with Gasteiger partial charge in [-0.2, -0.15) is 0 Å². The third kappa shape index (κ3) is 3.37. The van der Waals surface area contributed by atoms with E-state index in [4.69, 9.17) is 21.4 Å². The van der Waals surface area contributed by atoms with Gasteiger partial charge >= 0.3 is 5.97 Å². The molecule has 3 nitrogen and oxygen atoms in total. The molecule has 94 valence electrons. The Morgan fingerprint density at radius 1 is 1.35 bits per heavy atom. The van der Waals surface area contributed by atoms with E-state index in [1.54, 1.807) is 6.07 Å². The Morgan fingerprint density at radius 3 is 2.41 bits per heavy atom. The van der Waals surface area contributed by atoms with E-state index in [0.717, 1.165) is 11.1 Å². The van der Waals surface area contributed by atoms with Gasteiger partial charge in [0.15, 0.2) is 6.10 Å². The maximum atomic E-state index is 10.7. The molecule has 0 aliphatic heterocycles. The van der Waals surface area contributed by atoms with Crippen LogP contribution < -0.4 is 4.74 Å². The highest BCUT2D eigenvalue weighted by molar-refractivity contribution is 6.31. The minimum absolute atomic E-state index is 0.269. The number of halogens is 1. The van der Waals surface area contributed by atoms with Crippen molar-refractivity contribution in [2.24, 2.45) is 0 Å². The Morgan fingerprint density at radius 2 is 1.94 bits per heavy atom. The highest BCUT2D eigenvalue weighted by Crippen LogP contribution is 2.31. The topological polar surface area (TPSA) is 46.5 Å². The van der Waals surface area contributed by atoms with E-state index in [1.807, 2.05) is 26.8 Å². The number of benzene rings is 1. The number of rotatable bonds is 4. The summed E-state index contributed by atoms with van der Waals surface area (Å²) in [6, 6.07) is 3.63. The van der Waals surface area contributed by atoms with Gasteiger partial charge in [-0.3, -0.25) is 0 Å². The van der Waals surface area contributed by atoms with Crippen LogP contribution in [0.3, 0.4) is 0 Å². The zero-order valence-electron chi connectivity index (χ0n) is 10.5. The summed E-state index contributed by atoms with van der Waals surface area (Å²) >= 11 is 6.12. The smallest absolute Gasteiger partial charge is 0.344 e. The summed E-state index contributed by atoms with van der Waals surface area (Å²) in [4.78, 5) is 10.7. The van der Waals surface area contributed by atoms with Gasteiger partial charge in [-0.05, 0) is 43.0 Å². The maximum absolute atomic E-state index is 10.7. The van der Waals surface area contributed by atoms with Gasteiger partial charge in [-0.1, -0.05) is 25.4 Å². The van der Waals surface area contributed by atoms with Gasteiger partial charge in [-0.25, -0.2) is 4.79 Å². The molecule has 0 unspecified atom stereocenters. The largest absolute Gasteiger partial charge is 0.479 e. The summed E-state index contributed by atoms with van der Waals surface area (Å²) in [5.74, 6) is -0.135. The summed E-state index contributed by atoms with van der Waals surface area (Å²) in [5, 5.41) is 9.50. The van der Waals surface area contributed by atoms with Crippen LogP contribution in [0.1, 0.15) is 37.8 Å². The Hall–Kier alpha value is -1.22. The molecule has 0 saturated carbocycles. The minimum atomic E-state index is -0.981. The molecule has 0 spiro atoms. The standard InChI is InChI=1S/C13H17ClO3/c1-7(2)10-6-12(8(3)5-11(10)14)17-9(4)13(15)16/h5-7,9H,1-4H3,(H,15,16)/t9-/m1/s1. The molecule has 0 amide bonds.